The van der Waals surface area contributed by atoms with Crippen molar-refractivity contribution in [1.82, 2.24) is 15.5 Å². The predicted octanol–water partition coefficient (Wildman–Crippen LogP) is 1.66. The van der Waals surface area contributed by atoms with E-state index in [4.69, 9.17) is 0 Å². The molecule has 106 valence electrons. The van der Waals surface area contributed by atoms with Gasteiger partial charge in [0.15, 0.2) is 5.82 Å². The maximum atomic E-state index is 11.7. The molecule has 0 bridgehead atoms. The molecule has 0 aliphatic carbocycles. The van der Waals surface area contributed by atoms with Gasteiger partial charge in [-0.2, -0.15) is 5.10 Å². The van der Waals surface area contributed by atoms with Gasteiger partial charge in [-0.25, -0.2) is 0 Å². The predicted molar refractivity (Wildman–Crippen MR) is 73.8 cm³/mol. The van der Waals surface area contributed by atoms with E-state index < -0.39 is 0 Å². The largest absolute Gasteiger partial charge is 0.356 e. The molecule has 0 atom stereocenters. The number of amides is 2. The van der Waals surface area contributed by atoms with Crippen LogP contribution in [0.4, 0.5) is 5.82 Å². The summed E-state index contributed by atoms with van der Waals surface area (Å²) in [5.74, 6) is 0.581. The van der Waals surface area contributed by atoms with Crippen molar-refractivity contribution in [1.29, 1.82) is 0 Å². The molecule has 0 fully saturated rings. The highest BCUT2D eigenvalue weighted by Crippen LogP contribution is 2.14. The third-order valence-corrected chi connectivity index (χ3v) is 2.97. The number of nitrogens with zero attached hydrogens (tertiary/aromatic N) is 1. The monoisotopic (exact) mass is 266 g/mol. The van der Waals surface area contributed by atoms with Crippen LogP contribution in [-0.2, 0) is 9.59 Å². The quantitative estimate of drug-likeness (QED) is 0.656. The van der Waals surface area contributed by atoms with E-state index in [1.165, 1.54) is 6.92 Å². The van der Waals surface area contributed by atoms with E-state index in [-0.39, 0.29) is 11.8 Å². The van der Waals surface area contributed by atoms with Gasteiger partial charge >= 0.3 is 0 Å². The number of hydrogen-bond acceptors (Lipinski definition) is 3. The molecule has 0 aliphatic rings. The summed E-state index contributed by atoms with van der Waals surface area (Å²) in [5, 5.41) is 12.4. The van der Waals surface area contributed by atoms with Crippen LogP contribution in [0.3, 0.4) is 0 Å². The number of unbranched alkanes of at least 4 members (excludes halogenated alkanes) is 2. The Hall–Kier alpha value is -1.85. The van der Waals surface area contributed by atoms with Gasteiger partial charge in [-0.05, 0) is 26.7 Å². The number of aromatic nitrogens is 2. The Kier molecular flexibility index (Phi) is 6.05. The van der Waals surface area contributed by atoms with Crippen molar-refractivity contribution in [3.05, 3.63) is 11.3 Å². The molecule has 2 amide bonds. The number of aromatic amines is 1. The molecule has 0 unspecified atom stereocenters. The second kappa shape index (κ2) is 7.56. The van der Waals surface area contributed by atoms with E-state index in [1.807, 2.05) is 13.8 Å². The maximum absolute atomic E-state index is 11.7. The molecule has 6 nitrogen and oxygen atoms in total. The fourth-order valence-electron chi connectivity index (χ4n) is 1.65. The number of anilines is 1. The number of carbonyl (C=O) groups excluding carboxylic acids is 2. The highest BCUT2D eigenvalue weighted by atomic mass is 16.2. The summed E-state index contributed by atoms with van der Waals surface area (Å²) >= 11 is 0. The van der Waals surface area contributed by atoms with Crippen molar-refractivity contribution in [2.45, 2.75) is 46.5 Å². The number of hydrogen-bond donors (Lipinski definition) is 3. The lowest BCUT2D eigenvalue weighted by molar-refractivity contribution is -0.119. The second-order valence-electron chi connectivity index (χ2n) is 4.66. The van der Waals surface area contributed by atoms with E-state index in [9.17, 15) is 9.59 Å². The standard InChI is InChI=1S/C13H22N4O2/c1-9-10(2)16-17-13(9)15-12(19)7-5-4-6-8-14-11(3)18/h4-8H2,1-3H3,(H,14,18)(H2,15,16,17,19). The molecule has 1 rings (SSSR count). The molecule has 1 aromatic rings. The van der Waals surface area contributed by atoms with Gasteiger partial charge in [0, 0.05) is 31.1 Å². The first kappa shape index (κ1) is 15.2. The van der Waals surface area contributed by atoms with Crippen molar-refractivity contribution < 1.29 is 9.59 Å². The molecule has 0 saturated heterocycles. The molecule has 0 radical (unpaired) electrons. The van der Waals surface area contributed by atoms with Gasteiger partial charge in [-0.1, -0.05) is 6.42 Å². The summed E-state index contributed by atoms with van der Waals surface area (Å²) in [6, 6.07) is 0. The van der Waals surface area contributed by atoms with Crippen LogP contribution < -0.4 is 10.6 Å². The first-order chi connectivity index (χ1) is 9.00. The molecule has 1 heterocycles. The third-order valence-electron chi connectivity index (χ3n) is 2.97. The molecule has 6 heteroatoms. The lowest BCUT2D eigenvalue weighted by Crippen LogP contribution is -2.20. The Balaban J connectivity index is 2.15. The van der Waals surface area contributed by atoms with Crippen LogP contribution in [0.2, 0.25) is 0 Å². The molecule has 1 aromatic heterocycles. The molecule has 0 aromatic carbocycles. The molecule has 19 heavy (non-hydrogen) atoms. The van der Waals surface area contributed by atoms with Crippen LogP contribution in [0.5, 0.6) is 0 Å². The van der Waals surface area contributed by atoms with Gasteiger partial charge in [-0.15, -0.1) is 0 Å². The first-order valence-electron chi connectivity index (χ1n) is 6.56. The lowest BCUT2D eigenvalue weighted by atomic mass is 10.2. The van der Waals surface area contributed by atoms with Crippen LogP contribution in [0.25, 0.3) is 0 Å². The minimum absolute atomic E-state index is 0.0119. The maximum Gasteiger partial charge on any atom is 0.225 e. The van der Waals surface area contributed by atoms with Crippen LogP contribution in [0.15, 0.2) is 0 Å². The van der Waals surface area contributed by atoms with Crippen molar-refractivity contribution in [2.75, 3.05) is 11.9 Å². The van der Waals surface area contributed by atoms with Crippen molar-refractivity contribution in [3.63, 3.8) is 0 Å². The van der Waals surface area contributed by atoms with Crippen molar-refractivity contribution in [2.24, 2.45) is 0 Å². The van der Waals surface area contributed by atoms with E-state index in [1.54, 1.807) is 0 Å². The fraction of sp³-hybridized carbons (Fsp3) is 0.615. The number of nitrogens with one attached hydrogen (secondary N) is 3. The second-order valence-corrected chi connectivity index (χ2v) is 4.66. The van der Waals surface area contributed by atoms with Gasteiger partial charge < -0.3 is 10.6 Å². The molecule has 0 spiro atoms. The van der Waals surface area contributed by atoms with Crippen LogP contribution in [0, 0.1) is 13.8 Å². The fourth-order valence-corrected chi connectivity index (χ4v) is 1.65. The van der Waals surface area contributed by atoms with Crippen LogP contribution >= 0.6 is 0 Å². The summed E-state index contributed by atoms with van der Waals surface area (Å²) in [4.78, 5) is 22.3. The van der Waals surface area contributed by atoms with E-state index in [2.05, 4.69) is 20.8 Å². The van der Waals surface area contributed by atoms with Gasteiger partial charge in [0.2, 0.25) is 11.8 Å². The van der Waals surface area contributed by atoms with Crippen LogP contribution in [0.1, 0.15) is 43.9 Å². The Labute approximate surface area is 113 Å². The van der Waals surface area contributed by atoms with Gasteiger partial charge in [-0.3, -0.25) is 14.7 Å². The number of carbonyl (C=O) groups is 2. The summed E-state index contributed by atoms with van der Waals surface area (Å²) in [5.41, 5.74) is 1.93. The minimum Gasteiger partial charge on any atom is -0.356 e. The minimum atomic E-state index is -0.0193. The summed E-state index contributed by atoms with van der Waals surface area (Å²) in [6.07, 6.45) is 3.11. The Morgan fingerprint density at radius 2 is 1.95 bits per heavy atom. The average molecular weight is 266 g/mol. The van der Waals surface area contributed by atoms with E-state index in [0.29, 0.717) is 18.8 Å². The zero-order valence-electron chi connectivity index (χ0n) is 11.8. The normalized spacial score (nSPS) is 10.3. The summed E-state index contributed by atoms with van der Waals surface area (Å²) in [6.45, 7) is 6.01. The lowest BCUT2D eigenvalue weighted by Gasteiger charge is -2.04. The molecular formula is C13H22N4O2. The van der Waals surface area contributed by atoms with Crippen LogP contribution in [-0.4, -0.2) is 28.6 Å². The zero-order chi connectivity index (χ0) is 14.3. The van der Waals surface area contributed by atoms with E-state index >= 15 is 0 Å². The van der Waals surface area contributed by atoms with Gasteiger partial charge in [0.05, 0.1) is 0 Å². The van der Waals surface area contributed by atoms with Gasteiger partial charge in [0.25, 0.3) is 0 Å². The number of rotatable bonds is 7. The average Bonchev–Trinajstić information content (AvgIpc) is 2.65. The summed E-state index contributed by atoms with van der Waals surface area (Å²) in [7, 11) is 0. The Bertz CT molecular complexity index is 440. The van der Waals surface area contributed by atoms with Gasteiger partial charge in [0.1, 0.15) is 0 Å². The Morgan fingerprint density at radius 3 is 2.53 bits per heavy atom. The van der Waals surface area contributed by atoms with Crippen molar-refractivity contribution in [3.8, 4) is 0 Å². The highest BCUT2D eigenvalue weighted by Gasteiger charge is 2.08. The highest BCUT2D eigenvalue weighted by molar-refractivity contribution is 5.90. The third kappa shape index (κ3) is 5.54. The van der Waals surface area contributed by atoms with E-state index in [0.717, 1.165) is 30.5 Å². The molecule has 0 saturated carbocycles. The SMILES string of the molecule is CC(=O)NCCCCCC(=O)Nc1n[nH]c(C)c1C. The Morgan fingerprint density at radius 1 is 1.21 bits per heavy atom. The number of aryl methyl sites for hydroxylation is 1. The smallest absolute Gasteiger partial charge is 0.225 e. The topological polar surface area (TPSA) is 86.9 Å². The first-order valence-corrected chi connectivity index (χ1v) is 6.56. The van der Waals surface area contributed by atoms with Crippen molar-refractivity contribution >= 4 is 17.6 Å². The molecule has 0 aliphatic heterocycles. The number of H-pyrrole nitrogens is 1. The molecule has 3 N–H and O–H groups in total. The zero-order valence-corrected chi connectivity index (χ0v) is 11.8. The summed E-state index contributed by atoms with van der Waals surface area (Å²) < 4.78 is 0. The molecular weight excluding hydrogens is 244 g/mol.